The van der Waals surface area contributed by atoms with Gasteiger partial charge in [0.2, 0.25) is 0 Å². The fraction of sp³-hybridized carbons (Fsp3) is 0.421. The van der Waals surface area contributed by atoms with Crippen LogP contribution in [0.3, 0.4) is 0 Å². The number of nitrogens with zero attached hydrogens (tertiary/aromatic N) is 1. The van der Waals surface area contributed by atoms with Crippen molar-refractivity contribution in [2.24, 2.45) is 0 Å². The number of hydrogen-bond acceptors (Lipinski definition) is 3. The van der Waals surface area contributed by atoms with E-state index >= 15 is 0 Å². The van der Waals surface area contributed by atoms with E-state index in [9.17, 15) is 0 Å². The molecule has 0 aliphatic carbocycles. The highest BCUT2D eigenvalue weighted by atomic mass is 16.5. The third-order valence-electron chi connectivity index (χ3n) is 4.39. The Morgan fingerprint density at radius 3 is 2.59 bits per heavy atom. The zero-order valence-corrected chi connectivity index (χ0v) is 13.8. The molecule has 0 fully saturated rings. The van der Waals surface area contributed by atoms with Crippen LogP contribution in [-0.2, 0) is 6.54 Å². The molecule has 0 bridgehead atoms. The fourth-order valence-electron chi connectivity index (χ4n) is 3.04. The average molecular weight is 296 g/mol. The minimum absolute atomic E-state index is 0.148. The van der Waals surface area contributed by atoms with Crippen LogP contribution < -0.4 is 10.1 Å². The molecule has 1 aromatic carbocycles. The van der Waals surface area contributed by atoms with Crippen molar-refractivity contribution < 1.29 is 4.74 Å². The molecule has 1 aromatic heterocycles. The van der Waals surface area contributed by atoms with E-state index in [0.29, 0.717) is 6.04 Å². The first-order valence-corrected chi connectivity index (χ1v) is 7.87. The minimum atomic E-state index is -0.148. The molecule has 1 aliphatic rings. The Hall–Kier alpha value is -1.87. The smallest absolute Gasteiger partial charge is 0.125 e. The minimum Gasteiger partial charge on any atom is -0.487 e. The molecule has 3 heteroatoms. The van der Waals surface area contributed by atoms with Gasteiger partial charge in [-0.3, -0.25) is 4.98 Å². The van der Waals surface area contributed by atoms with Crippen LogP contribution in [-0.4, -0.2) is 10.6 Å². The molecule has 3 rings (SSSR count). The van der Waals surface area contributed by atoms with Gasteiger partial charge in [0.1, 0.15) is 11.4 Å². The van der Waals surface area contributed by atoms with Gasteiger partial charge in [0.05, 0.1) is 0 Å². The van der Waals surface area contributed by atoms with Crippen molar-refractivity contribution in [1.29, 1.82) is 0 Å². The molecule has 3 nitrogen and oxygen atoms in total. The topological polar surface area (TPSA) is 34.2 Å². The number of rotatable bonds is 3. The number of aryl methyl sites for hydroxylation is 2. The first kappa shape index (κ1) is 15.0. The quantitative estimate of drug-likeness (QED) is 0.926. The van der Waals surface area contributed by atoms with Crippen molar-refractivity contribution in [3.8, 4) is 5.75 Å². The van der Waals surface area contributed by atoms with Gasteiger partial charge in [0.15, 0.2) is 0 Å². The largest absolute Gasteiger partial charge is 0.487 e. The Bertz CT molecular complexity index is 665. The van der Waals surface area contributed by atoms with Crippen LogP contribution in [0.4, 0.5) is 0 Å². The van der Waals surface area contributed by atoms with Crippen molar-refractivity contribution in [3.63, 3.8) is 0 Å². The summed E-state index contributed by atoms with van der Waals surface area (Å²) in [6.45, 7) is 9.46. The molecule has 0 saturated carbocycles. The highest BCUT2D eigenvalue weighted by Gasteiger charge is 2.33. The highest BCUT2D eigenvalue weighted by molar-refractivity contribution is 5.45. The van der Waals surface area contributed by atoms with Crippen molar-refractivity contribution in [1.82, 2.24) is 10.3 Å². The molecule has 0 saturated heterocycles. The summed E-state index contributed by atoms with van der Waals surface area (Å²) >= 11 is 0. The molecular weight excluding hydrogens is 272 g/mol. The van der Waals surface area contributed by atoms with Crippen LogP contribution in [0.1, 0.15) is 48.6 Å². The highest BCUT2D eigenvalue weighted by Crippen LogP contribution is 2.40. The Morgan fingerprint density at radius 1 is 1.18 bits per heavy atom. The van der Waals surface area contributed by atoms with Gasteiger partial charge in [-0.15, -0.1) is 0 Å². The lowest BCUT2D eigenvalue weighted by Crippen LogP contribution is -2.39. The lowest BCUT2D eigenvalue weighted by atomic mass is 9.88. The lowest BCUT2D eigenvalue weighted by Gasteiger charge is -2.38. The van der Waals surface area contributed by atoms with E-state index < -0.39 is 0 Å². The maximum absolute atomic E-state index is 6.19. The molecule has 0 amide bonds. The third kappa shape index (κ3) is 3.14. The number of nitrogens with one attached hydrogen (secondary N) is 1. The second-order valence-electron chi connectivity index (χ2n) is 6.83. The van der Waals surface area contributed by atoms with E-state index in [-0.39, 0.29) is 5.60 Å². The summed E-state index contributed by atoms with van der Waals surface area (Å²) in [5, 5.41) is 3.69. The molecule has 1 aliphatic heterocycles. The zero-order chi connectivity index (χ0) is 15.7. The predicted molar refractivity (Wildman–Crippen MR) is 89.1 cm³/mol. The Morgan fingerprint density at radius 2 is 1.86 bits per heavy atom. The number of ether oxygens (including phenoxy) is 1. The van der Waals surface area contributed by atoms with E-state index in [1.165, 1.54) is 22.3 Å². The van der Waals surface area contributed by atoms with Crippen LogP contribution >= 0.6 is 0 Å². The zero-order valence-electron chi connectivity index (χ0n) is 13.8. The Balaban J connectivity index is 1.86. The van der Waals surface area contributed by atoms with Crippen molar-refractivity contribution >= 4 is 0 Å². The molecule has 22 heavy (non-hydrogen) atoms. The molecular formula is C19H24N2O. The van der Waals surface area contributed by atoms with Gasteiger partial charge < -0.3 is 10.1 Å². The molecule has 1 N–H and O–H groups in total. The fourth-order valence-corrected chi connectivity index (χ4v) is 3.04. The standard InChI is InChI=1S/C19H24N2O/c1-13-9-16-17(21-12-15-5-7-20-8-6-15)11-19(3,4)22-18(16)10-14(13)2/h5-10,17,21H,11-12H2,1-4H3. The maximum Gasteiger partial charge on any atom is 0.125 e. The summed E-state index contributed by atoms with van der Waals surface area (Å²) in [5.74, 6) is 1.02. The Kier molecular flexibility index (Phi) is 3.92. The summed E-state index contributed by atoms with van der Waals surface area (Å²) in [7, 11) is 0. The first-order chi connectivity index (χ1) is 10.4. The summed E-state index contributed by atoms with van der Waals surface area (Å²) < 4.78 is 6.19. The summed E-state index contributed by atoms with van der Waals surface area (Å²) in [4.78, 5) is 4.07. The maximum atomic E-state index is 6.19. The predicted octanol–water partition coefficient (Wildman–Crippen LogP) is 4.09. The molecule has 2 heterocycles. The van der Waals surface area contributed by atoms with Crippen LogP contribution in [0.2, 0.25) is 0 Å². The molecule has 116 valence electrons. The van der Waals surface area contributed by atoms with Gasteiger partial charge >= 0.3 is 0 Å². The monoisotopic (exact) mass is 296 g/mol. The first-order valence-electron chi connectivity index (χ1n) is 7.87. The van der Waals surface area contributed by atoms with Crippen LogP contribution in [0.5, 0.6) is 5.75 Å². The van der Waals surface area contributed by atoms with E-state index in [4.69, 9.17) is 4.74 Å². The molecule has 1 atom stereocenters. The van der Waals surface area contributed by atoms with Crippen LogP contribution in [0.25, 0.3) is 0 Å². The van der Waals surface area contributed by atoms with Gasteiger partial charge in [0.25, 0.3) is 0 Å². The van der Waals surface area contributed by atoms with Crippen molar-refractivity contribution in [2.75, 3.05) is 0 Å². The lowest BCUT2D eigenvalue weighted by molar-refractivity contribution is 0.0656. The number of fused-ring (bicyclic) bond motifs is 1. The van der Waals surface area contributed by atoms with E-state index in [2.05, 4.69) is 62.3 Å². The van der Waals surface area contributed by atoms with Gasteiger partial charge in [0, 0.05) is 37.0 Å². The van der Waals surface area contributed by atoms with Crippen LogP contribution in [0, 0.1) is 13.8 Å². The summed E-state index contributed by atoms with van der Waals surface area (Å²) in [6, 6.07) is 8.86. The van der Waals surface area contributed by atoms with Gasteiger partial charge in [-0.25, -0.2) is 0 Å². The Labute approximate surface area is 132 Å². The molecule has 0 radical (unpaired) electrons. The second kappa shape index (κ2) is 5.73. The van der Waals surface area contributed by atoms with Crippen LogP contribution in [0.15, 0.2) is 36.7 Å². The van der Waals surface area contributed by atoms with Crippen molar-refractivity contribution in [2.45, 2.75) is 52.3 Å². The summed E-state index contributed by atoms with van der Waals surface area (Å²) in [5.41, 5.74) is 4.98. The van der Waals surface area contributed by atoms with Gasteiger partial charge in [-0.2, -0.15) is 0 Å². The number of aromatic nitrogens is 1. The van der Waals surface area contributed by atoms with E-state index in [1.54, 1.807) is 0 Å². The van der Waals surface area contributed by atoms with Gasteiger partial charge in [-0.05, 0) is 62.6 Å². The van der Waals surface area contributed by atoms with E-state index in [1.807, 2.05) is 12.4 Å². The van der Waals surface area contributed by atoms with E-state index in [0.717, 1.165) is 18.7 Å². The average Bonchev–Trinajstić information content (AvgIpc) is 2.47. The molecule has 0 spiro atoms. The SMILES string of the molecule is Cc1cc2c(cc1C)C(NCc1ccncc1)CC(C)(C)O2. The van der Waals surface area contributed by atoms with Crippen molar-refractivity contribution in [3.05, 3.63) is 58.9 Å². The number of benzene rings is 1. The second-order valence-corrected chi connectivity index (χ2v) is 6.83. The number of hydrogen-bond donors (Lipinski definition) is 1. The summed E-state index contributed by atoms with van der Waals surface area (Å²) in [6.07, 6.45) is 4.65. The molecule has 1 unspecified atom stereocenters. The number of pyridine rings is 1. The van der Waals surface area contributed by atoms with Gasteiger partial charge in [-0.1, -0.05) is 6.07 Å². The third-order valence-corrected chi connectivity index (χ3v) is 4.39. The molecule has 2 aromatic rings. The normalized spacial score (nSPS) is 19.4.